The highest BCUT2D eigenvalue weighted by Gasteiger charge is 2.35. The van der Waals surface area contributed by atoms with Gasteiger partial charge in [-0.15, -0.1) is 0 Å². The van der Waals surface area contributed by atoms with Gasteiger partial charge in [-0.05, 0) is 58.6 Å². The quantitative estimate of drug-likeness (QED) is 0.403. The molecule has 0 saturated carbocycles. The average Bonchev–Trinajstić information content (AvgIpc) is 2.74. The molecule has 0 aliphatic heterocycles. The molecule has 190 valence electrons. The van der Waals surface area contributed by atoms with Crippen molar-refractivity contribution < 1.29 is 28.7 Å². The number of alkyl carbamates (subject to hydrolysis) is 1. The molecule has 1 rings (SSSR count). The van der Waals surface area contributed by atoms with Crippen molar-refractivity contribution >= 4 is 35.6 Å². The normalized spacial score (nSPS) is 13.3. The minimum absolute atomic E-state index is 0.236. The zero-order valence-corrected chi connectivity index (χ0v) is 21.8. The first kappa shape index (κ1) is 29.3. The Morgan fingerprint density at radius 2 is 1.59 bits per heavy atom. The summed E-state index contributed by atoms with van der Waals surface area (Å²) in [5.74, 6) is -1.07. The van der Waals surface area contributed by atoms with Gasteiger partial charge in [-0.25, -0.2) is 9.59 Å². The van der Waals surface area contributed by atoms with E-state index in [1.54, 1.807) is 20.8 Å². The molecule has 0 bridgehead atoms. The maximum absolute atomic E-state index is 13.0. The Balaban J connectivity index is 2.90. The lowest BCUT2D eigenvalue weighted by molar-refractivity contribution is -0.146. The standard InChI is InChI=1S/C24H37N3O6S/c1-23(2,3)33-22(31)26-17(13-14-34-7)19(28)27-24(4,5)21(30)25-18(20(29)32-6)15-16-11-9-8-10-12-16/h8-12,17-18H,13-15H2,1-7H3,(H,25,30)(H,26,31)(H,27,28). The van der Waals surface area contributed by atoms with Crippen LogP contribution in [0, 0.1) is 0 Å². The number of hydrogen-bond donors (Lipinski definition) is 3. The number of ether oxygens (including phenoxy) is 2. The first-order valence-corrected chi connectivity index (χ1v) is 12.4. The molecule has 0 spiro atoms. The second kappa shape index (κ2) is 13.2. The van der Waals surface area contributed by atoms with Gasteiger partial charge in [0.1, 0.15) is 23.2 Å². The highest BCUT2D eigenvalue weighted by Crippen LogP contribution is 2.11. The van der Waals surface area contributed by atoms with E-state index >= 15 is 0 Å². The van der Waals surface area contributed by atoms with E-state index in [0.29, 0.717) is 12.2 Å². The largest absolute Gasteiger partial charge is 0.467 e. The van der Waals surface area contributed by atoms with Crippen LogP contribution < -0.4 is 16.0 Å². The maximum Gasteiger partial charge on any atom is 0.408 e. The lowest BCUT2D eigenvalue weighted by atomic mass is 10.0. The van der Waals surface area contributed by atoms with Gasteiger partial charge in [0.05, 0.1) is 7.11 Å². The number of carbonyl (C=O) groups excluding carboxylic acids is 4. The van der Waals surface area contributed by atoms with Crippen molar-refractivity contribution in [3.05, 3.63) is 35.9 Å². The second-order valence-corrected chi connectivity index (χ2v) is 10.3. The van der Waals surface area contributed by atoms with E-state index in [-0.39, 0.29) is 6.42 Å². The fourth-order valence-corrected chi connectivity index (χ4v) is 3.40. The minimum atomic E-state index is -1.37. The molecular formula is C24H37N3O6S. The maximum atomic E-state index is 13.0. The number of carbonyl (C=O) groups is 4. The van der Waals surface area contributed by atoms with Gasteiger partial charge in [-0.3, -0.25) is 9.59 Å². The third-order valence-electron chi connectivity index (χ3n) is 4.70. The smallest absolute Gasteiger partial charge is 0.408 e. The Morgan fingerprint density at radius 3 is 2.12 bits per heavy atom. The van der Waals surface area contributed by atoms with E-state index in [1.165, 1.54) is 32.7 Å². The lowest BCUT2D eigenvalue weighted by Gasteiger charge is -2.30. The Morgan fingerprint density at radius 1 is 0.971 bits per heavy atom. The topological polar surface area (TPSA) is 123 Å². The monoisotopic (exact) mass is 495 g/mol. The van der Waals surface area contributed by atoms with Gasteiger partial charge in [0, 0.05) is 6.42 Å². The minimum Gasteiger partial charge on any atom is -0.467 e. The number of nitrogens with one attached hydrogen (secondary N) is 3. The highest BCUT2D eigenvalue weighted by atomic mass is 32.2. The van der Waals surface area contributed by atoms with Crippen LogP contribution in [0.3, 0.4) is 0 Å². The summed E-state index contributed by atoms with van der Waals surface area (Å²) in [6.07, 6.45) is 1.76. The molecule has 0 aromatic heterocycles. The van der Waals surface area contributed by atoms with Gasteiger partial charge < -0.3 is 25.4 Å². The van der Waals surface area contributed by atoms with Crippen LogP contribution in [-0.4, -0.2) is 66.2 Å². The Hall–Kier alpha value is -2.75. The van der Waals surface area contributed by atoms with Crippen LogP contribution in [-0.2, 0) is 30.3 Å². The van der Waals surface area contributed by atoms with Crippen LogP contribution in [0.4, 0.5) is 4.79 Å². The summed E-state index contributed by atoms with van der Waals surface area (Å²) < 4.78 is 10.1. The Kier molecular flexibility index (Phi) is 11.4. The molecule has 2 unspecified atom stereocenters. The molecule has 2 atom stereocenters. The lowest BCUT2D eigenvalue weighted by Crippen LogP contribution is -2.61. The molecule has 0 radical (unpaired) electrons. The Bertz CT molecular complexity index is 839. The van der Waals surface area contributed by atoms with Crippen LogP contribution in [0.15, 0.2) is 30.3 Å². The van der Waals surface area contributed by atoms with Crippen LogP contribution in [0.2, 0.25) is 0 Å². The summed E-state index contributed by atoms with van der Waals surface area (Å²) in [7, 11) is 1.25. The van der Waals surface area contributed by atoms with E-state index in [9.17, 15) is 19.2 Å². The molecule has 34 heavy (non-hydrogen) atoms. The molecule has 3 N–H and O–H groups in total. The van der Waals surface area contributed by atoms with Gasteiger partial charge in [0.15, 0.2) is 0 Å². The summed E-state index contributed by atoms with van der Waals surface area (Å²) in [6, 6.07) is 7.39. The summed E-state index contributed by atoms with van der Waals surface area (Å²) in [5, 5.41) is 7.93. The molecule has 0 fully saturated rings. The fraction of sp³-hybridized carbons (Fsp3) is 0.583. The van der Waals surface area contributed by atoms with Gasteiger partial charge >= 0.3 is 12.1 Å². The molecule has 1 aromatic rings. The molecule has 1 aromatic carbocycles. The summed E-state index contributed by atoms with van der Waals surface area (Å²) >= 11 is 1.52. The van der Waals surface area contributed by atoms with Gasteiger partial charge in [0.2, 0.25) is 11.8 Å². The molecule has 10 heteroatoms. The van der Waals surface area contributed by atoms with Crippen molar-refractivity contribution in [3.63, 3.8) is 0 Å². The van der Waals surface area contributed by atoms with Gasteiger partial charge in [0.25, 0.3) is 0 Å². The number of rotatable bonds is 11. The third kappa shape index (κ3) is 10.5. The third-order valence-corrected chi connectivity index (χ3v) is 5.34. The van der Waals surface area contributed by atoms with Crippen LogP contribution >= 0.6 is 11.8 Å². The molecule has 0 aliphatic carbocycles. The average molecular weight is 496 g/mol. The van der Waals surface area contributed by atoms with E-state index in [1.807, 2.05) is 36.6 Å². The van der Waals surface area contributed by atoms with Gasteiger partial charge in [-0.1, -0.05) is 30.3 Å². The van der Waals surface area contributed by atoms with Crippen molar-refractivity contribution in [1.29, 1.82) is 0 Å². The van der Waals surface area contributed by atoms with Crippen LogP contribution in [0.5, 0.6) is 0 Å². The molecule has 0 aliphatic rings. The van der Waals surface area contributed by atoms with Crippen molar-refractivity contribution in [2.75, 3.05) is 19.1 Å². The van der Waals surface area contributed by atoms with E-state index in [0.717, 1.165) is 5.56 Å². The molecule has 3 amide bonds. The van der Waals surface area contributed by atoms with Crippen molar-refractivity contribution in [2.24, 2.45) is 0 Å². The first-order valence-electron chi connectivity index (χ1n) is 11.0. The zero-order chi connectivity index (χ0) is 25.9. The fourth-order valence-electron chi connectivity index (χ4n) is 2.93. The van der Waals surface area contributed by atoms with Crippen molar-refractivity contribution in [2.45, 2.75) is 70.7 Å². The number of hydrogen-bond acceptors (Lipinski definition) is 7. The molecular weight excluding hydrogens is 458 g/mol. The van der Waals surface area contributed by atoms with Crippen molar-refractivity contribution in [3.8, 4) is 0 Å². The van der Waals surface area contributed by atoms with Crippen molar-refractivity contribution in [1.82, 2.24) is 16.0 Å². The van der Waals surface area contributed by atoms with E-state index in [2.05, 4.69) is 16.0 Å². The van der Waals surface area contributed by atoms with Crippen LogP contribution in [0.25, 0.3) is 0 Å². The van der Waals surface area contributed by atoms with Gasteiger partial charge in [-0.2, -0.15) is 11.8 Å². The highest BCUT2D eigenvalue weighted by molar-refractivity contribution is 7.98. The first-order chi connectivity index (χ1) is 15.8. The summed E-state index contributed by atoms with van der Waals surface area (Å²) in [4.78, 5) is 50.5. The SMILES string of the molecule is COC(=O)C(Cc1ccccc1)NC(=O)C(C)(C)NC(=O)C(CCSC)NC(=O)OC(C)(C)C. The molecule has 0 saturated heterocycles. The number of esters is 1. The predicted octanol–water partition coefficient (Wildman–Crippen LogP) is 2.43. The number of amides is 3. The van der Waals surface area contributed by atoms with E-state index < -0.39 is 47.1 Å². The second-order valence-electron chi connectivity index (χ2n) is 9.33. The van der Waals surface area contributed by atoms with Crippen LogP contribution in [0.1, 0.15) is 46.6 Å². The zero-order valence-electron chi connectivity index (χ0n) is 21.0. The summed E-state index contributed by atoms with van der Waals surface area (Å²) in [5.41, 5.74) is -1.24. The number of methoxy groups -OCH3 is 1. The van der Waals surface area contributed by atoms with E-state index in [4.69, 9.17) is 9.47 Å². The Labute approximate surface area is 206 Å². The number of thioether (sulfide) groups is 1. The molecule has 0 heterocycles. The summed E-state index contributed by atoms with van der Waals surface area (Å²) in [6.45, 7) is 8.23. The molecule has 9 nitrogen and oxygen atoms in total. The predicted molar refractivity (Wildman–Crippen MR) is 132 cm³/mol. The number of benzene rings is 1.